The first-order chi connectivity index (χ1) is 14.1. The lowest BCUT2D eigenvalue weighted by Gasteiger charge is -2.34. The highest BCUT2D eigenvalue weighted by atomic mass is 32.1. The number of likely N-dealkylation sites (tertiary alicyclic amines) is 1. The molecule has 0 bridgehead atoms. The van der Waals surface area contributed by atoms with Crippen LogP contribution in [0.3, 0.4) is 0 Å². The minimum absolute atomic E-state index is 0.0107. The number of nitrogens with zero attached hydrogens (tertiary/aromatic N) is 3. The molecule has 2 aliphatic rings. The Balaban J connectivity index is 1.31. The van der Waals surface area contributed by atoms with Gasteiger partial charge in [0.25, 0.3) is 5.91 Å². The van der Waals surface area contributed by atoms with E-state index in [-0.39, 0.29) is 23.8 Å². The molecule has 1 atom stereocenters. The van der Waals surface area contributed by atoms with Gasteiger partial charge in [0.05, 0.1) is 0 Å². The van der Waals surface area contributed by atoms with Crippen molar-refractivity contribution in [3.05, 3.63) is 29.3 Å². The standard InChI is InChI=1S/C21H26N4O3S/c1-14-23-24-20(29-14)16-5-4-6-17(13-16)22-19(26)15-8-10-25(11-9-15)21(27)18-7-2-3-12-28-18/h4-6,13,15,18H,2-3,7-12H2,1H3,(H,22,26)/t18-/m0/s1. The van der Waals surface area contributed by atoms with Gasteiger partial charge in [-0.15, -0.1) is 10.2 Å². The van der Waals surface area contributed by atoms with E-state index in [9.17, 15) is 9.59 Å². The first-order valence-electron chi connectivity index (χ1n) is 10.2. The van der Waals surface area contributed by atoms with Gasteiger partial charge in [-0.25, -0.2) is 0 Å². The maximum atomic E-state index is 12.7. The van der Waals surface area contributed by atoms with Crippen molar-refractivity contribution in [3.63, 3.8) is 0 Å². The number of piperidine rings is 1. The number of nitrogens with one attached hydrogen (secondary N) is 1. The van der Waals surface area contributed by atoms with Gasteiger partial charge in [-0.1, -0.05) is 23.5 Å². The number of hydrogen-bond donors (Lipinski definition) is 1. The molecule has 0 aliphatic carbocycles. The molecule has 2 aliphatic heterocycles. The number of amides is 2. The molecule has 2 saturated heterocycles. The molecular weight excluding hydrogens is 388 g/mol. The molecule has 0 radical (unpaired) electrons. The van der Waals surface area contributed by atoms with Gasteiger partial charge in [-0.3, -0.25) is 9.59 Å². The van der Waals surface area contributed by atoms with Gasteiger partial charge >= 0.3 is 0 Å². The third-order valence-electron chi connectivity index (χ3n) is 5.54. The zero-order chi connectivity index (χ0) is 20.2. The Labute approximate surface area is 174 Å². The van der Waals surface area contributed by atoms with E-state index in [1.807, 2.05) is 36.1 Å². The number of rotatable bonds is 4. The summed E-state index contributed by atoms with van der Waals surface area (Å²) in [6, 6.07) is 7.69. The molecule has 1 aromatic carbocycles. The zero-order valence-electron chi connectivity index (χ0n) is 16.6. The molecule has 1 aromatic heterocycles. The first kappa shape index (κ1) is 20.0. The Morgan fingerprint density at radius 1 is 1.17 bits per heavy atom. The summed E-state index contributed by atoms with van der Waals surface area (Å²) in [5.74, 6) is 0.0129. The third kappa shape index (κ3) is 4.82. The van der Waals surface area contributed by atoms with Crippen LogP contribution in [-0.2, 0) is 14.3 Å². The molecular formula is C21H26N4O3S. The van der Waals surface area contributed by atoms with Gasteiger partial charge in [0.2, 0.25) is 5.91 Å². The number of ether oxygens (including phenoxy) is 1. The van der Waals surface area contributed by atoms with E-state index in [1.54, 1.807) is 0 Å². The van der Waals surface area contributed by atoms with Gasteiger partial charge in [-0.2, -0.15) is 0 Å². The van der Waals surface area contributed by atoms with Crippen LogP contribution in [0.25, 0.3) is 10.6 Å². The second kappa shape index (κ2) is 9.00. The lowest BCUT2D eigenvalue weighted by molar-refractivity contribution is -0.148. The number of carbonyl (C=O) groups excluding carboxylic acids is 2. The van der Waals surface area contributed by atoms with E-state index in [1.165, 1.54) is 11.3 Å². The average Bonchev–Trinajstić information content (AvgIpc) is 3.20. The number of benzene rings is 1. The van der Waals surface area contributed by atoms with E-state index < -0.39 is 0 Å². The molecule has 154 valence electrons. The van der Waals surface area contributed by atoms with Crippen molar-refractivity contribution in [1.29, 1.82) is 0 Å². The summed E-state index contributed by atoms with van der Waals surface area (Å²) >= 11 is 1.53. The van der Waals surface area contributed by atoms with Crippen LogP contribution in [0.4, 0.5) is 5.69 Å². The molecule has 2 aromatic rings. The van der Waals surface area contributed by atoms with E-state index in [0.717, 1.165) is 40.5 Å². The maximum Gasteiger partial charge on any atom is 0.251 e. The number of aryl methyl sites for hydroxylation is 1. The van der Waals surface area contributed by atoms with Gasteiger partial charge in [-0.05, 0) is 51.2 Å². The number of hydrogen-bond acceptors (Lipinski definition) is 6. The minimum atomic E-state index is -0.291. The topological polar surface area (TPSA) is 84.4 Å². The fraction of sp³-hybridized carbons (Fsp3) is 0.524. The van der Waals surface area contributed by atoms with Crippen molar-refractivity contribution >= 4 is 28.8 Å². The molecule has 29 heavy (non-hydrogen) atoms. The smallest absolute Gasteiger partial charge is 0.251 e. The highest BCUT2D eigenvalue weighted by molar-refractivity contribution is 7.14. The third-order valence-corrected chi connectivity index (χ3v) is 6.42. The maximum absolute atomic E-state index is 12.7. The Kier molecular flexibility index (Phi) is 6.20. The Morgan fingerprint density at radius 3 is 2.69 bits per heavy atom. The van der Waals surface area contributed by atoms with Crippen LogP contribution in [0.5, 0.6) is 0 Å². The Morgan fingerprint density at radius 2 is 2.00 bits per heavy atom. The van der Waals surface area contributed by atoms with Gasteiger partial charge in [0.15, 0.2) is 0 Å². The molecule has 2 amide bonds. The molecule has 2 fully saturated rings. The Bertz CT molecular complexity index is 870. The highest BCUT2D eigenvalue weighted by Crippen LogP contribution is 2.27. The summed E-state index contributed by atoms with van der Waals surface area (Å²) in [6.07, 6.45) is 3.96. The number of carbonyl (C=O) groups is 2. The van der Waals surface area contributed by atoms with Crippen molar-refractivity contribution in [2.75, 3.05) is 25.0 Å². The van der Waals surface area contributed by atoms with Crippen molar-refractivity contribution in [2.45, 2.75) is 45.1 Å². The average molecular weight is 415 g/mol. The van der Waals surface area contributed by atoms with Crippen LogP contribution in [-0.4, -0.2) is 52.7 Å². The summed E-state index contributed by atoms with van der Waals surface area (Å²) in [4.78, 5) is 27.2. The van der Waals surface area contributed by atoms with Crippen molar-refractivity contribution < 1.29 is 14.3 Å². The van der Waals surface area contributed by atoms with Crippen molar-refractivity contribution in [1.82, 2.24) is 15.1 Å². The summed E-state index contributed by atoms with van der Waals surface area (Å²) in [7, 11) is 0. The van der Waals surface area contributed by atoms with Gasteiger partial charge in [0.1, 0.15) is 16.1 Å². The van der Waals surface area contributed by atoms with Gasteiger partial charge < -0.3 is 15.0 Å². The van der Waals surface area contributed by atoms with Crippen LogP contribution >= 0.6 is 11.3 Å². The predicted octanol–water partition coefficient (Wildman–Crippen LogP) is 3.26. The summed E-state index contributed by atoms with van der Waals surface area (Å²) in [5, 5.41) is 13.0. The monoisotopic (exact) mass is 414 g/mol. The minimum Gasteiger partial charge on any atom is -0.368 e. The van der Waals surface area contributed by atoms with Crippen LogP contribution in [0.2, 0.25) is 0 Å². The van der Waals surface area contributed by atoms with E-state index in [2.05, 4.69) is 15.5 Å². The summed E-state index contributed by atoms with van der Waals surface area (Å²) < 4.78 is 5.62. The molecule has 7 nitrogen and oxygen atoms in total. The zero-order valence-corrected chi connectivity index (χ0v) is 17.4. The SMILES string of the molecule is Cc1nnc(-c2cccc(NC(=O)C3CCN(C(=O)[C@@H]4CCCCO4)CC3)c2)s1. The van der Waals surface area contributed by atoms with Crippen LogP contribution in [0.15, 0.2) is 24.3 Å². The lowest BCUT2D eigenvalue weighted by Crippen LogP contribution is -2.47. The van der Waals surface area contributed by atoms with E-state index in [4.69, 9.17) is 4.74 Å². The second-order valence-electron chi connectivity index (χ2n) is 7.65. The van der Waals surface area contributed by atoms with E-state index >= 15 is 0 Å². The summed E-state index contributed by atoms with van der Waals surface area (Å²) in [5.41, 5.74) is 1.70. The van der Waals surface area contributed by atoms with Crippen LogP contribution in [0, 0.1) is 12.8 Å². The second-order valence-corrected chi connectivity index (χ2v) is 8.83. The summed E-state index contributed by atoms with van der Waals surface area (Å²) in [6.45, 7) is 3.82. The molecule has 0 saturated carbocycles. The van der Waals surface area contributed by atoms with Gasteiger partial charge in [0, 0.05) is 36.9 Å². The van der Waals surface area contributed by atoms with Crippen LogP contribution < -0.4 is 5.32 Å². The fourth-order valence-corrected chi connectivity index (χ4v) is 4.58. The molecule has 3 heterocycles. The molecule has 0 unspecified atom stereocenters. The molecule has 0 spiro atoms. The normalized spacial score (nSPS) is 20.4. The predicted molar refractivity (Wildman–Crippen MR) is 112 cm³/mol. The molecule has 1 N–H and O–H groups in total. The fourth-order valence-electron chi connectivity index (χ4n) is 3.89. The largest absolute Gasteiger partial charge is 0.368 e. The Hall–Kier alpha value is -2.32. The molecule has 4 rings (SSSR count). The van der Waals surface area contributed by atoms with Crippen molar-refractivity contribution in [3.8, 4) is 10.6 Å². The molecule has 8 heteroatoms. The van der Waals surface area contributed by atoms with E-state index in [0.29, 0.717) is 32.5 Å². The number of anilines is 1. The highest BCUT2D eigenvalue weighted by Gasteiger charge is 2.32. The number of aromatic nitrogens is 2. The van der Waals surface area contributed by atoms with Crippen molar-refractivity contribution in [2.24, 2.45) is 5.92 Å². The lowest BCUT2D eigenvalue weighted by atomic mass is 9.95. The first-order valence-corrected chi connectivity index (χ1v) is 11.0. The van der Waals surface area contributed by atoms with Crippen LogP contribution in [0.1, 0.15) is 37.1 Å². The quantitative estimate of drug-likeness (QED) is 0.830.